The number of aliphatic hydroxyl groups is 1. The molecule has 194 valence electrons. The predicted molar refractivity (Wildman–Crippen MR) is 147 cm³/mol. The van der Waals surface area contributed by atoms with Crippen LogP contribution in [0.2, 0.25) is 10.0 Å². The first-order valence-electron chi connectivity index (χ1n) is 11.7. The molecular formula is C29H23Cl2NO5S. The highest BCUT2D eigenvalue weighted by Gasteiger charge is 2.60. The van der Waals surface area contributed by atoms with E-state index in [0.717, 1.165) is 9.87 Å². The number of nitrogens with zero attached hydrogens (tertiary/aromatic N) is 1. The van der Waals surface area contributed by atoms with Gasteiger partial charge in [-0.05, 0) is 48.9 Å². The second-order valence-electron chi connectivity index (χ2n) is 9.02. The third-order valence-electron chi connectivity index (χ3n) is 6.55. The molecule has 1 N–H and O–H groups in total. The van der Waals surface area contributed by atoms with Crippen LogP contribution in [0.25, 0.3) is 0 Å². The van der Waals surface area contributed by atoms with Crippen LogP contribution in [0.15, 0.2) is 102 Å². The Morgan fingerprint density at radius 1 is 0.921 bits per heavy atom. The number of esters is 1. The number of anilines is 1. The molecule has 0 saturated heterocycles. The van der Waals surface area contributed by atoms with E-state index in [-0.39, 0.29) is 38.4 Å². The summed E-state index contributed by atoms with van der Waals surface area (Å²) in [5.41, 5.74) is -0.273. The number of hydrogen-bond donors (Lipinski definition) is 1. The summed E-state index contributed by atoms with van der Waals surface area (Å²) in [6.07, 6.45) is 0. The minimum Gasteiger partial charge on any atom is -0.459 e. The molecule has 4 aromatic rings. The van der Waals surface area contributed by atoms with E-state index in [4.69, 9.17) is 27.9 Å². The Bertz CT molecular complexity index is 1610. The molecule has 1 heterocycles. The van der Waals surface area contributed by atoms with Gasteiger partial charge in [-0.3, -0.25) is 0 Å². The van der Waals surface area contributed by atoms with E-state index in [1.165, 1.54) is 30.3 Å². The third kappa shape index (κ3) is 4.46. The van der Waals surface area contributed by atoms with Crippen LogP contribution in [0.1, 0.15) is 22.3 Å². The fourth-order valence-corrected chi connectivity index (χ4v) is 6.78. The standard InChI is InChI=1S/C29H23Cl2NO5S/c1-19-11-14-22(15-12-19)38(35,36)32-26-16-13-21(30)17-24(26)29(34,23-9-5-6-10-25(23)31)27(32)28(33)37-18-20-7-3-2-4-8-20/h2-17,27,34H,18H2,1H3. The zero-order chi connectivity index (χ0) is 27.1. The van der Waals surface area contributed by atoms with Crippen LogP contribution in [0.5, 0.6) is 0 Å². The van der Waals surface area contributed by atoms with E-state index in [1.807, 2.05) is 13.0 Å². The molecule has 2 atom stereocenters. The summed E-state index contributed by atoms with van der Waals surface area (Å²) in [5.74, 6) is -0.945. The summed E-state index contributed by atoms with van der Waals surface area (Å²) in [7, 11) is -4.36. The van der Waals surface area contributed by atoms with Crippen LogP contribution >= 0.6 is 23.2 Å². The number of rotatable bonds is 6. The molecular weight excluding hydrogens is 545 g/mol. The maximum atomic E-state index is 14.1. The lowest BCUT2D eigenvalue weighted by atomic mass is 9.82. The van der Waals surface area contributed by atoms with Gasteiger partial charge >= 0.3 is 5.97 Å². The van der Waals surface area contributed by atoms with Crippen molar-refractivity contribution < 1.29 is 23.1 Å². The fraction of sp³-hybridized carbons (Fsp3) is 0.138. The summed E-state index contributed by atoms with van der Waals surface area (Å²) in [6.45, 7) is 1.72. The second-order valence-corrected chi connectivity index (χ2v) is 11.7. The Balaban J connectivity index is 1.72. The highest BCUT2D eigenvalue weighted by molar-refractivity contribution is 7.93. The molecule has 9 heteroatoms. The molecule has 6 nitrogen and oxygen atoms in total. The molecule has 0 radical (unpaired) electrons. The number of hydrogen-bond acceptors (Lipinski definition) is 5. The third-order valence-corrected chi connectivity index (χ3v) is 8.90. The van der Waals surface area contributed by atoms with Gasteiger partial charge in [-0.15, -0.1) is 0 Å². The highest BCUT2D eigenvalue weighted by Crippen LogP contribution is 2.52. The van der Waals surface area contributed by atoms with E-state index >= 15 is 0 Å². The van der Waals surface area contributed by atoms with E-state index in [9.17, 15) is 18.3 Å². The second kappa shape index (κ2) is 10.1. The van der Waals surface area contributed by atoms with Gasteiger partial charge in [0.2, 0.25) is 0 Å². The molecule has 2 unspecified atom stereocenters. The van der Waals surface area contributed by atoms with Gasteiger partial charge in [-0.1, -0.05) is 89.4 Å². The number of benzene rings is 4. The van der Waals surface area contributed by atoms with E-state index in [0.29, 0.717) is 5.56 Å². The summed E-state index contributed by atoms with van der Waals surface area (Å²) in [5, 5.41) is 12.8. The Hall–Kier alpha value is -3.36. The number of carbonyl (C=O) groups is 1. The fourth-order valence-electron chi connectivity index (χ4n) is 4.69. The maximum absolute atomic E-state index is 14.1. The smallest absolute Gasteiger partial charge is 0.334 e. The number of fused-ring (bicyclic) bond motifs is 1. The largest absolute Gasteiger partial charge is 0.459 e. The van der Waals surface area contributed by atoms with Gasteiger partial charge in [0.1, 0.15) is 6.61 Å². The highest BCUT2D eigenvalue weighted by atomic mass is 35.5. The lowest BCUT2D eigenvalue weighted by molar-refractivity contribution is -0.151. The van der Waals surface area contributed by atoms with Crippen LogP contribution in [-0.4, -0.2) is 25.5 Å². The number of sulfonamides is 1. The average Bonchev–Trinajstić information content (AvgIpc) is 3.18. The molecule has 0 amide bonds. The molecule has 38 heavy (non-hydrogen) atoms. The number of halogens is 2. The van der Waals surface area contributed by atoms with Crippen LogP contribution in [0, 0.1) is 6.92 Å². The molecule has 0 spiro atoms. The van der Waals surface area contributed by atoms with Crippen molar-refractivity contribution in [2.24, 2.45) is 0 Å². The number of aryl methyl sites for hydroxylation is 1. The van der Waals surface area contributed by atoms with Crippen LogP contribution < -0.4 is 4.31 Å². The minimum absolute atomic E-state index is 0.0479. The van der Waals surface area contributed by atoms with E-state index in [2.05, 4.69) is 0 Å². The predicted octanol–water partition coefficient (Wildman–Crippen LogP) is 5.86. The number of carbonyl (C=O) groups excluding carboxylic acids is 1. The zero-order valence-electron chi connectivity index (χ0n) is 20.2. The Kier molecular flexibility index (Phi) is 6.96. The Morgan fingerprint density at radius 3 is 2.26 bits per heavy atom. The number of ether oxygens (including phenoxy) is 1. The molecule has 5 rings (SSSR count). The first-order valence-corrected chi connectivity index (χ1v) is 13.9. The summed E-state index contributed by atoms with van der Waals surface area (Å²) in [4.78, 5) is 13.8. The van der Waals surface area contributed by atoms with Crippen molar-refractivity contribution in [1.82, 2.24) is 0 Å². The molecule has 0 aliphatic carbocycles. The first kappa shape index (κ1) is 26.3. The lowest BCUT2D eigenvalue weighted by Crippen LogP contribution is -2.53. The summed E-state index contributed by atoms with van der Waals surface area (Å²) >= 11 is 12.8. The van der Waals surface area contributed by atoms with E-state index in [1.54, 1.807) is 60.7 Å². The molecule has 4 aromatic carbocycles. The topological polar surface area (TPSA) is 83.9 Å². The molecule has 1 aliphatic heterocycles. The van der Waals surface area contributed by atoms with Gasteiger partial charge in [-0.25, -0.2) is 17.5 Å². The van der Waals surface area contributed by atoms with Crippen LogP contribution in [0.4, 0.5) is 5.69 Å². The van der Waals surface area contributed by atoms with Gasteiger partial charge in [0.05, 0.1) is 10.6 Å². The van der Waals surface area contributed by atoms with Crippen LogP contribution in [0.3, 0.4) is 0 Å². The maximum Gasteiger partial charge on any atom is 0.334 e. The summed E-state index contributed by atoms with van der Waals surface area (Å²) in [6, 6.07) is 24.3. The minimum atomic E-state index is -4.36. The quantitative estimate of drug-likeness (QED) is 0.295. The van der Waals surface area contributed by atoms with Crippen molar-refractivity contribution in [3.05, 3.63) is 129 Å². The zero-order valence-corrected chi connectivity index (χ0v) is 22.5. The molecule has 1 aliphatic rings. The van der Waals surface area contributed by atoms with Crippen molar-refractivity contribution in [1.29, 1.82) is 0 Å². The Labute approximate surface area is 231 Å². The first-order chi connectivity index (χ1) is 18.1. The van der Waals surface area contributed by atoms with Crippen molar-refractivity contribution in [2.45, 2.75) is 30.1 Å². The van der Waals surface area contributed by atoms with Crippen molar-refractivity contribution in [2.75, 3.05) is 4.31 Å². The van der Waals surface area contributed by atoms with Gasteiger partial charge in [0.15, 0.2) is 11.6 Å². The Morgan fingerprint density at radius 2 is 1.58 bits per heavy atom. The van der Waals surface area contributed by atoms with Crippen molar-refractivity contribution in [3.8, 4) is 0 Å². The molecule has 0 aromatic heterocycles. The van der Waals surface area contributed by atoms with Gasteiger partial charge in [0, 0.05) is 21.2 Å². The molecule has 0 saturated carbocycles. The lowest BCUT2D eigenvalue weighted by Gasteiger charge is -2.34. The SMILES string of the molecule is Cc1ccc(S(=O)(=O)N2c3ccc(Cl)cc3C(O)(c3ccccc3Cl)C2C(=O)OCc2ccccc2)cc1. The molecule has 0 bridgehead atoms. The normalized spacial score (nSPS) is 18.7. The monoisotopic (exact) mass is 567 g/mol. The van der Waals surface area contributed by atoms with Crippen molar-refractivity contribution in [3.63, 3.8) is 0 Å². The van der Waals surface area contributed by atoms with Crippen LogP contribution in [-0.2, 0) is 31.8 Å². The van der Waals surface area contributed by atoms with Gasteiger partial charge in [-0.2, -0.15) is 0 Å². The molecule has 0 fully saturated rings. The summed E-state index contributed by atoms with van der Waals surface area (Å²) < 4.78 is 34.8. The van der Waals surface area contributed by atoms with E-state index < -0.39 is 27.6 Å². The van der Waals surface area contributed by atoms with Gasteiger partial charge < -0.3 is 9.84 Å². The van der Waals surface area contributed by atoms with Crippen molar-refractivity contribution >= 4 is 44.9 Å². The average molecular weight is 568 g/mol. The van der Waals surface area contributed by atoms with Gasteiger partial charge in [0.25, 0.3) is 10.0 Å².